The lowest BCUT2D eigenvalue weighted by atomic mass is 9.95. The number of benzene rings is 1. The van der Waals surface area contributed by atoms with Crippen molar-refractivity contribution in [1.82, 2.24) is 4.31 Å². The van der Waals surface area contributed by atoms with Crippen molar-refractivity contribution in [3.05, 3.63) is 17.7 Å². The molecule has 0 aromatic heterocycles. The molecule has 2 aliphatic heterocycles. The molecule has 2 heterocycles. The molecule has 2 aliphatic rings. The number of nitrogens with one attached hydrogen (secondary N) is 1. The van der Waals surface area contributed by atoms with E-state index in [0.29, 0.717) is 35.7 Å². The van der Waals surface area contributed by atoms with Crippen LogP contribution in [-0.4, -0.2) is 58.9 Å². The summed E-state index contributed by atoms with van der Waals surface area (Å²) in [6.45, 7) is 2.99. The van der Waals surface area contributed by atoms with Crippen LogP contribution in [0, 0.1) is 5.92 Å². The second-order valence-electron chi connectivity index (χ2n) is 8.30. The maximum absolute atomic E-state index is 12.9. The average Bonchev–Trinajstić information content (AvgIpc) is 3.00. The van der Waals surface area contributed by atoms with Gasteiger partial charge in [0.1, 0.15) is 0 Å². The van der Waals surface area contributed by atoms with E-state index in [1.807, 2.05) is 4.31 Å². The topological polar surface area (TPSA) is 84.9 Å². The first-order valence-corrected chi connectivity index (χ1v) is 12.2. The average molecular weight is 397 g/mol. The predicted molar refractivity (Wildman–Crippen MR) is 106 cm³/mol. The van der Waals surface area contributed by atoms with Crippen LogP contribution in [0.15, 0.2) is 12.1 Å². The Bertz CT molecular complexity index is 834. The van der Waals surface area contributed by atoms with Crippen LogP contribution in [0.3, 0.4) is 0 Å². The lowest BCUT2D eigenvalue weighted by molar-refractivity contribution is -0.117. The number of ether oxygens (including phenoxy) is 2. The van der Waals surface area contributed by atoms with Gasteiger partial charge in [0.2, 0.25) is 12.7 Å². The normalized spacial score (nSPS) is 21.3. The summed E-state index contributed by atoms with van der Waals surface area (Å²) < 4.78 is 25.5. The molecule has 1 aromatic carbocycles. The molecule has 0 saturated carbocycles. The molecular weight excluding hydrogens is 368 g/mol. The molecule has 1 unspecified atom stereocenters. The van der Waals surface area contributed by atoms with Crippen LogP contribution in [0.2, 0.25) is 0 Å². The van der Waals surface area contributed by atoms with Crippen molar-refractivity contribution >= 4 is 26.6 Å². The van der Waals surface area contributed by atoms with E-state index in [1.54, 1.807) is 30.9 Å². The first-order valence-electron chi connectivity index (χ1n) is 9.08. The van der Waals surface area contributed by atoms with Gasteiger partial charge in [-0.15, -0.1) is 0 Å². The minimum Gasteiger partial charge on any atom is -0.454 e. The molecule has 1 amide bonds. The quantitative estimate of drug-likeness (QED) is 0.772. The summed E-state index contributed by atoms with van der Waals surface area (Å²) in [6.07, 6.45) is 7.52. The minimum atomic E-state index is -2.80. The summed E-state index contributed by atoms with van der Waals surface area (Å²) in [5.74, 6) is 0.854. The maximum Gasteiger partial charge on any atom is 0.231 e. The van der Waals surface area contributed by atoms with Crippen LogP contribution in [0.4, 0.5) is 5.69 Å². The Balaban J connectivity index is 1.69. The number of Topliss-reactive ketones (excluding diaryl/α,β-unsaturated/α-hetero) is 1. The Morgan fingerprint density at radius 1 is 1.22 bits per heavy atom. The zero-order valence-electron chi connectivity index (χ0n) is 16.4. The highest BCUT2D eigenvalue weighted by atomic mass is 32.3. The van der Waals surface area contributed by atoms with Gasteiger partial charge >= 0.3 is 0 Å². The van der Waals surface area contributed by atoms with Gasteiger partial charge in [0, 0.05) is 49.9 Å². The first-order chi connectivity index (χ1) is 12.5. The summed E-state index contributed by atoms with van der Waals surface area (Å²) in [6, 6.07) is 3.24. The summed E-state index contributed by atoms with van der Waals surface area (Å²) in [7, 11) is -2.80. The van der Waals surface area contributed by atoms with Crippen LogP contribution in [-0.2, 0) is 14.0 Å². The molecule has 0 spiro atoms. The number of nitrogens with zero attached hydrogens (tertiary/aromatic N) is 1. The van der Waals surface area contributed by atoms with E-state index in [9.17, 15) is 13.8 Å². The molecule has 0 bridgehead atoms. The third-order valence-corrected chi connectivity index (χ3v) is 7.09. The van der Waals surface area contributed by atoms with E-state index in [0.717, 1.165) is 19.4 Å². The van der Waals surface area contributed by atoms with Gasteiger partial charge in [0.05, 0.1) is 5.69 Å². The van der Waals surface area contributed by atoms with Crippen molar-refractivity contribution in [3.63, 3.8) is 0 Å². The van der Waals surface area contributed by atoms with Gasteiger partial charge in [-0.1, -0.05) is 9.25 Å². The number of rotatable bonds is 5. The van der Waals surface area contributed by atoms with Gasteiger partial charge in [0.25, 0.3) is 0 Å². The molecule has 1 N–H and O–H groups in total. The molecule has 0 aliphatic carbocycles. The number of carbonyl (C=O) groups is 2. The van der Waals surface area contributed by atoms with E-state index in [4.69, 9.17) is 9.47 Å². The molecule has 150 valence electrons. The molecule has 3 rings (SSSR count). The van der Waals surface area contributed by atoms with E-state index >= 15 is 0 Å². The first kappa shape index (κ1) is 19.8. The number of fused-ring (bicyclic) bond motifs is 1. The van der Waals surface area contributed by atoms with Gasteiger partial charge in [-0.05, 0) is 31.7 Å². The van der Waals surface area contributed by atoms with Crippen molar-refractivity contribution in [2.24, 2.45) is 5.92 Å². The van der Waals surface area contributed by atoms with E-state index in [2.05, 4.69) is 5.32 Å². The molecule has 7 nitrogen and oxygen atoms in total. The fraction of sp³-hybridized carbons (Fsp3) is 0.579. The lowest BCUT2D eigenvalue weighted by Gasteiger charge is -2.46. The number of hydrogen-bond donors (Lipinski definition) is 1. The summed E-state index contributed by atoms with van der Waals surface area (Å²) in [5.41, 5.74) is 0.838. The third-order valence-electron chi connectivity index (χ3n) is 5.00. The van der Waals surface area contributed by atoms with E-state index < -0.39 is 9.25 Å². The molecule has 1 saturated heterocycles. The van der Waals surface area contributed by atoms with Crippen molar-refractivity contribution in [2.45, 2.75) is 26.2 Å². The van der Waals surface area contributed by atoms with Crippen LogP contribution in [0.5, 0.6) is 11.5 Å². The van der Waals surface area contributed by atoms with Gasteiger partial charge < -0.3 is 14.8 Å². The monoisotopic (exact) mass is 396 g/mol. The minimum absolute atomic E-state index is 0.105. The van der Waals surface area contributed by atoms with Gasteiger partial charge in [0.15, 0.2) is 17.3 Å². The highest BCUT2D eigenvalue weighted by molar-refractivity contribution is 8.16. The van der Waals surface area contributed by atoms with Gasteiger partial charge in [-0.25, -0.2) is 4.31 Å². The third kappa shape index (κ3) is 4.68. The molecule has 1 fully saturated rings. The zero-order chi connectivity index (χ0) is 19.8. The van der Waals surface area contributed by atoms with E-state index in [1.165, 1.54) is 6.92 Å². The van der Waals surface area contributed by atoms with Crippen molar-refractivity contribution in [2.75, 3.05) is 44.0 Å². The zero-order valence-corrected chi connectivity index (χ0v) is 17.2. The number of carbonyl (C=O) groups excluding carboxylic acids is 2. The SMILES string of the molecule is CC(=O)c1cc2c(cc1NC(=O)CC1CCCN(S(C)(C)(C)=O)C1)OCO2. The fourth-order valence-electron chi connectivity index (χ4n) is 3.56. The number of ketones is 1. The van der Waals surface area contributed by atoms with Crippen LogP contribution in [0.1, 0.15) is 36.5 Å². The molecular formula is C19H28N2O5S. The summed E-state index contributed by atoms with van der Waals surface area (Å²) in [5, 5.41) is 2.85. The van der Waals surface area contributed by atoms with Gasteiger partial charge in [-0.2, -0.15) is 0 Å². The van der Waals surface area contributed by atoms with Crippen LogP contribution < -0.4 is 14.8 Å². The smallest absolute Gasteiger partial charge is 0.231 e. The van der Waals surface area contributed by atoms with Crippen LogP contribution >= 0.6 is 0 Å². The Morgan fingerprint density at radius 2 is 1.89 bits per heavy atom. The second-order valence-corrected chi connectivity index (χ2v) is 13.5. The Morgan fingerprint density at radius 3 is 2.52 bits per heavy atom. The predicted octanol–water partition coefficient (Wildman–Crippen LogP) is 2.28. The Kier molecular flexibility index (Phi) is 5.07. The van der Waals surface area contributed by atoms with Crippen molar-refractivity contribution in [1.29, 1.82) is 0 Å². The van der Waals surface area contributed by atoms with E-state index in [-0.39, 0.29) is 24.4 Å². The van der Waals surface area contributed by atoms with Crippen LogP contribution in [0.25, 0.3) is 0 Å². The number of hydrogen-bond acceptors (Lipinski definition) is 5. The summed E-state index contributed by atoms with van der Waals surface area (Å²) >= 11 is 0. The van der Waals surface area contributed by atoms with Gasteiger partial charge in [-0.3, -0.25) is 13.8 Å². The second kappa shape index (κ2) is 6.91. The molecule has 1 atom stereocenters. The molecule has 1 aromatic rings. The Labute approximate surface area is 159 Å². The number of piperidine rings is 1. The lowest BCUT2D eigenvalue weighted by Crippen LogP contribution is -2.52. The largest absolute Gasteiger partial charge is 0.454 e. The highest BCUT2D eigenvalue weighted by Gasteiger charge is 2.33. The number of amides is 1. The van der Waals surface area contributed by atoms with Crippen molar-refractivity contribution < 1.29 is 23.3 Å². The fourth-order valence-corrected chi connectivity index (χ4v) is 5.03. The molecule has 8 heteroatoms. The molecule has 0 radical (unpaired) electrons. The maximum atomic E-state index is 12.9. The van der Waals surface area contributed by atoms with Crippen molar-refractivity contribution in [3.8, 4) is 11.5 Å². The summed E-state index contributed by atoms with van der Waals surface area (Å²) in [4.78, 5) is 24.6. The molecule has 27 heavy (non-hydrogen) atoms. The standard InChI is InChI=1S/C19H28N2O5S/c1-13(22)15-9-17-18(26-12-25-17)10-16(15)20-19(23)8-14-6-5-7-21(11-14)27(2,3,4)24/h9-10,14H,5-8,11-12H2,1-4H3,(H,20,23). The Hall–Kier alpha value is -1.93. The number of anilines is 1. The highest BCUT2D eigenvalue weighted by Crippen LogP contribution is 2.37.